The van der Waals surface area contributed by atoms with E-state index in [1.165, 1.54) is 24.8 Å². The van der Waals surface area contributed by atoms with Crippen LogP contribution in [-0.4, -0.2) is 0 Å². The van der Waals surface area contributed by atoms with Gasteiger partial charge in [-0.2, -0.15) is 5.26 Å². The standard InChI is InChI=1S/C15H23N/c1-13(10-12-16)14-9-7-5-4-6-8-11-15(14,2)3/h4-5,9,13H,6-8,10-11H2,1-3H3/b5-4+,14-9-. The largest absolute Gasteiger partial charge is 0.198 e. The third kappa shape index (κ3) is 3.52. The summed E-state index contributed by atoms with van der Waals surface area (Å²) in [5.74, 6) is 0.395. The highest BCUT2D eigenvalue weighted by atomic mass is 14.3. The lowest BCUT2D eigenvalue weighted by atomic mass is 9.73. The predicted octanol–water partition coefficient (Wildman–Crippen LogP) is 4.62. The van der Waals surface area contributed by atoms with Crippen LogP contribution < -0.4 is 0 Å². The quantitative estimate of drug-likeness (QED) is 0.619. The number of hydrogen-bond acceptors (Lipinski definition) is 1. The molecule has 0 aromatic carbocycles. The first-order valence-electron chi connectivity index (χ1n) is 6.30. The lowest BCUT2D eigenvalue weighted by Gasteiger charge is -2.31. The molecule has 0 aromatic heterocycles. The molecule has 88 valence electrons. The maximum atomic E-state index is 8.83. The van der Waals surface area contributed by atoms with Crippen molar-refractivity contribution in [2.45, 2.75) is 52.9 Å². The van der Waals surface area contributed by atoms with Gasteiger partial charge in [-0.3, -0.25) is 0 Å². The van der Waals surface area contributed by atoms with Crippen LogP contribution in [0.1, 0.15) is 52.9 Å². The van der Waals surface area contributed by atoms with Crippen molar-refractivity contribution in [3.05, 3.63) is 23.8 Å². The predicted molar refractivity (Wildman–Crippen MR) is 68.9 cm³/mol. The molecule has 1 aliphatic carbocycles. The summed E-state index contributed by atoms with van der Waals surface area (Å²) in [4.78, 5) is 0. The Kier molecular flexibility index (Phi) is 4.80. The van der Waals surface area contributed by atoms with Gasteiger partial charge in [-0.05, 0) is 37.0 Å². The van der Waals surface area contributed by atoms with Crippen LogP contribution in [0.5, 0.6) is 0 Å². The molecule has 0 heterocycles. The summed E-state index contributed by atoms with van der Waals surface area (Å²) in [5, 5.41) is 8.83. The zero-order chi connectivity index (χ0) is 12.0. The number of hydrogen-bond donors (Lipinski definition) is 0. The van der Waals surface area contributed by atoms with Crippen molar-refractivity contribution in [2.75, 3.05) is 0 Å². The Hall–Kier alpha value is -1.03. The van der Waals surface area contributed by atoms with E-state index in [0.29, 0.717) is 12.3 Å². The number of nitriles is 1. The maximum Gasteiger partial charge on any atom is 0.0627 e. The Morgan fingerprint density at radius 1 is 1.44 bits per heavy atom. The highest BCUT2D eigenvalue weighted by Gasteiger charge is 2.26. The highest BCUT2D eigenvalue weighted by Crippen LogP contribution is 2.38. The topological polar surface area (TPSA) is 23.8 Å². The minimum absolute atomic E-state index is 0.252. The average Bonchev–Trinajstić information content (AvgIpc) is 2.28. The number of rotatable bonds is 2. The van der Waals surface area contributed by atoms with Crippen LogP contribution in [0.25, 0.3) is 0 Å². The summed E-state index contributed by atoms with van der Waals surface area (Å²) in [5.41, 5.74) is 1.73. The van der Waals surface area contributed by atoms with E-state index in [1.54, 1.807) is 0 Å². The summed E-state index contributed by atoms with van der Waals surface area (Å²) < 4.78 is 0. The fourth-order valence-corrected chi connectivity index (χ4v) is 2.61. The van der Waals surface area contributed by atoms with Gasteiger partial charge in [0.1, 0.15) is 0 Å². The molecule has 1 nitrogen and oxygen atoms in total. The summed E-state index contributed by atoms with van der Waals surface area (Å²) in [6.07, 6.45) is 12.2. The van der Waals surface area contributed by atoms with Crippen LogP contribution in [0.2, 0.25) is 0 Å². The molecule has 16 heavy (non-hydrogen) atoms. The molecule has 0 amide bonds. The molecule has 0 N–H and O–H groups in total. The number of allylic oxidation sites excluding steroid dienone is 4. The van der Waals surface area contributed by atoms with Crippen LogP contribution >= 0.6 is 0 Å². The molecule has 0 bridgehead atoms. The second-order valence-corrected chi connectivity index (χ2v) is 5.41. The van der Waals surface area contributed by atoms with E-state index < -0.39 is 0 Å². The molecule has 1 aliphatic rings. The lowest BCUT2D eigenvalue weighted by molar-refractivity contribution is 0.356. The van der Waals surface area contributed by atoms with Gasteiger partial charge in [-0.1, -0.05) is 44.6 Å². The van der Waals surface area contributed by atoms with E-state index in [0.717, 1.165) is 6.42 Å². The van der Waals surface area contributed by atoms with Crippen molar-refractivity contribution >= 4 is 0 Å². The van der Waals surface area contributed by atoms with Gasteiger partial charge in [0.25, 0.3) is 0 Å². The first kappa shape index (κ1) is 13.0. The van der Waals surface area contributed by atoms with Crippen LogP contribution in [0.3, 0.4) is 0 Å². The van der Waals surface area contributed by atoms with Crippen LogP contribution in [0.15, 0.2) is 23.8 Å². The first-order chi connectivity index (χ1) is 7.58. The summed E-state index contributed by atoms with van der Waals surface area (Å²) in [7, 11) is 0. The lowest BCUT2D eigenvalue weighted by Crippen LogP contribution is -2.20. The molecule has 1 rings (SSSR count). The molecule has 1 heteroatoms. The molecule has 0 aliphatic heterocycles. The molecule has 1 unspecified atom stereocenters. The van der Waals surface area contributed by atoms with Gasteiger partial charge in [0.05, 0.1) is 6.07 Å². The smallest absolute Gasteiger partial charge is 0.0627 e. The SMILES string of the molecule is CC(CC#N)/C1=C/C/C=C/CCCC1(C)C. The molecule has 0 radical (unpaired) electrons. The second-order valence-electron chi connectivity index (χ2n) is 5.41. The minimum Gasteiger partial charge on any atom is -0.198 e. The third-order valence-electron chi connectivity index (χ3n) is 3.52. The Labute approximate surface area is 99.9 Å². The Bertz CT molecular complexity index is 315. The molecule has 0 aromatic rings. The van der Waals surface area contributed by atoms with E-state index in [4.69, 9.17) is 5.26 Å². The monoisotopic (exact) mass is 217 g/mol. The van der Waals surface area contributed by atoms with Crippen LogP contribution in [-0.2, 0) is 0 Å². The fourth-order valence-electron chi connectivity index (χ4n) is 2.61. The van der Waals surface area contributed by atoms with E-state index in [2.05, 4.69) is 45.1 Å². The highest BCUT2D eigenvalue weighted by molar-refractivity contribution is 5.18. The van der Waals surface area contributed by atoms with Crippen molar-refractivity contribution < 1.29 is 0 Å². The zero-order valence-corrected chi connectivity index (χ0v) is 10.8. The van der Waals surface area contributed by atoms with Crippen LogP contribution in [0.4, 0.5) is 0 Å². The Morgan fingerprint density at radius 2 is 2.19 bits per heavy atom. The number of nitrogens with zero attached hydrogens (tertiary/aromatic N) is 1. The molecule has 1 atom stereocenters. The molecule has 0 saturated carbocycles. The van der Waals surface area contributed by atoms with Crippen molar-refractivity contribution in [3.63, 3.8) is 0 Å². The third-order valence-corrected chi connectivity index (χ3v) is 3.52. The van der Waals surface area contributed by atoms with E-state index in [9.17, 15) is 0 Å². The van der Waals surface area contributed by atoms with Gasteiger partial charge in [0.2, 0.25) is 0 Å². The Balaban J connectivity index is 2.88. The van der Waals surface area contributed by atoms with Gasteiger partial charge in [-0.25, -0.2) is 0 Å². The molecule has 0 spiro atoms. The van der Waals surface area contributed by atoms with Crippen molar-refractivity contribution in [1.29, 1.82) is 5.26 Å². The fraction of sp³-hybridized carbons (Fsp3) is 0.667. The van der Waals surface area contributed by atoms with Crippen molar-refractivity contribution in [2.24, 2.45) is 11.3 Å². The summed E-state index contributed by atoms with van der Waals surface area (Å²) >= 11 is 0. The summed E-state index contributed by atoms with van der Waals surface area (Å²) in [6.45, 7) is 6.81. The molecular formula is C15H23N. The van der Waals surface area contributed by atoms with Crippen LogP contribution in [0, 0.1) is 22.7 Å². The minimum atomic E-state index is 0.252. The molecular weight excluding hydrogens is 194 g/mol. The van der Waals surface area contributed by atoms with E-state index >= 15 is 0 Å². The molecule has 0 fully saturated rings. The zero-order valence-electron chi connectivity index (χ0n) is 10.8. The Morgan fingerprint density at radius 3 is 2.88 bits per heavy atom. The van der Waals surface area contributed by atoms with Gasteiger partial charge >= 0.3 is 0 Å². The van der Waals surface area contributed by atoms with Crippen molar-refractivity contribution in [1.82, 2.24) is 0 Å². The van der Waals surface area contributed by atoms with E-state index in [1.807, 2.05) is 0 Å². The normalized spacial score (nSPS) is 27.5. The van der Waals surface area contributed by atoms with Gasteiger partial charge in [-0.15, -0.1) is 0 Å². The maximum absolute atomic E-state index is 8.83. The summed E-state index contributed by atoms with van der Waals surface area (Å²) in [6, 6.07) is 2.30. The van der Waals surface area contributed by atoms with Crippen molar-refractivity contribution in [3.8, 4) is 6.07 Å². The van der Waals surface area contributed by atoms with E-state index in [-0.39, 0.29) is 5.41 Å². The second kappa shape index (κ2) is 5.89. The van der Waals surface area contributed by atoms with Gasteiger partial charge < -0.3 is 0 Å². The van der Waals surface area contributed by atoms with Gasteiger partial charge in [0.15, 0.2) is 0 Å². The molecule has 0 saturated heterocycles. The first-order valence-corrected chi connectivity index (χ1v) is 6.30. The average molecular weight is 217 g/mol. The van der Waals surface area contributed by atoms with Gasteiger partial charge in [0, 0.05) is 6.42 Å².